The third kappa shape index (κ3) is 2.40. The molecule has 0 aliphatic heterocycles. The van der Waals surface area contributed by atoms with Crippen LogP contribution in [-0.4, -0.2) is 5.91 Å². The standard InChI is InChI=1S/C16H17FN2O/c17-14-2-1-3-15(13(14)9-18)19-16(20)8-12-7-10-4-5-11(12)6-10/h1-3,10-12H,4-8H2,(H,19,20). The van der Waals surface area contributed by atoms with Crippen LogP contribution in [0.2, 0.25) is 0 Å². The van der Waals surface area contributed by atoms with E-state index in [0.29, 0.717) is 18.3 Å². The minimum absolute atomic E-state index is 0.0891. The highest BCUT2D eigenvalue weighted by Gasteiger charge is 2.40. The van der Waals surface area contributed by atoms with Crippen LogP contribution in [-0.2, 0) is 4.79 Å². The fourth-order valence-corrected chi connectivity index (χ4v) is 3.81. The summed E-state index contributed by atoms with van der Waals surface area (Å²) >= 11 is 0. The molecule has 1 N–H and O–H groups in total. The molecule has 0 heterocycles. The first kappa shape index (κ1) is 13.1. The van der Waals surface area contributed by atoms with Crippen molar-refractivity contribution in [3.63, 3.8) is 0 Å². The van der Waals surface area contributed by atoms with Crippen LogP contribution in [0.1, 0.15) is 37.7 Å². The molecule has 2 fully saturated rings. The van der Waals surface area contributed by atoms with Crippen molar-refractivity contribution in [1.29, 1.82) is 5.26 Å². The molecule has 0 aromatic heterocycles. The molecular weight excluding hydrogens is 255 g/mol. The van der Waals surface area contributed by atoms with Gasteiger partial charge in [-0.3, -0.25) is 4.79 Å². The van der Waals surface area contributed by atoms with E-state index in [-0.39, 0.29) is 17.2 Å². The highest BCUT2D eigenvalue weighted by atomic mass is 19.1. The number of carbonyl (C=O) groups is 1. The number of rotatable bonds is 3. The number of anilines is 1. The smallest absolute Gasteiger partial charge is 0.224 e. The molecule has 0 saturated heterocycles. The number of amides is 1. The van der Waals surface area contributed by atoms with Crippen LogP contribution < -0.4 is 5.32 Å². The topological polar surface area (TPSA) is 52.9 Å². The Kier molecular flexibility index (Phi) is 3.43. The lowest BCUT2D eigenvalue weighted by molar-refractivity contribution is -0.117. The average molecular weight is 272 g/mol. The maximum Gasteiger partial charge on any atom is 0.224 e. The summed E-state index contributed by atoms with van der Waals surface area (Å²) in [4.78, 5) is 12.1. The van der Waals surface area contributed by atoms with E-state index in [1.807, 2.05) is 0 Å². The predicted molar refractivity (Wildman–Crippen MR) is 73.3 cm³/mol. The molecule has 2 saturated carbocycles. The normalized spacial score (nSPS) is 27.3. The van der Waals surface area contributed by atoms with E-state index in [9.17, 15) is 9.18 Å². The van der Waals surface area contributed by atoms with Gasteiger partial charge < -0.3 is 5.32 Å². The number of fused-ring (bicyclic) bond motifs is 2. The minimum atomic E-state index is -0.592. The van der Waals surface area contributed by atoms with Gasteiger partial charge in [0.1, 0.15) is 17.4 Å². The molecule has 3 unspecified atom stereocenters. The van der Waals surface area contributed by atoms with Crippen LogP contribution in [0.5, 0.6) is 0 Å². The Morgan fingerprint density at radius 3 is 2.90 bits per heavy atom. The lowest BCUT2D eigenvalue weighted by atomic mass is 9.86. The van der Waals surface area contributed by atoms with Gasteiger partial charge in [-0.05, 0) is 49.1 Å². The number of nitrogens with zero attached hydrogens (tertiary/aromatic N) is 1. The second-order valence-corrected chi connectivity index (χ2v) is 5.96. The molecule has 20 heavy (non-hydrogen) atoms. The van der Waals surface area contributed by atoms with Crippen molar-refractivity contribution in [2.24, 2.45) is 17.8 Å². The minimum Gasteiger partial charge on any atom is -0.325 e. The van der Waals surface area contributed by atoms with Gasteiger partial charge in [-0.15, -0.1) is 0 Å². The van der Waals surface area contributed by atoms with E-state index in [4.69, 9.17) is 5.26 Å². The largest absolute Gasteiger partial charge is 0.325 e. The summed E-state index contributed by atoms with van der Waals surface area (Å²) in [6.45, 7) is 0. The Morgan fingerprint density at radius 1 is 1.40 bits per heavy atom. The van der Waals surface area contributed by atoms with Gasteiger partial charge in [-0.25, -0.2) is 4.39 Å². The van der Waals surface area contributed by atoms with E-state index in [1.165, 1.54) is 31.4 Å². The van der Waals surface area contributed by atoms with E-state index in [0.717, 1.165) is 12.3 Å². The first-order valence-corrected chi connectivity index (χ1v) is 7.16. The predicted octanol–water partition coefficient (Wildman–Crippen LogP) is 3.46. The van der Waals surface area contributed by atoms with Gasteiger partial charge in [0.2, 0.25) is 5.91 Å². The summed E-state index contributed by atoms with van der Waals surface area (Å²) in [5.41, 5.74) is 0.189. The zero-order valence-corrected chi connectivity index (χ0v) is 11.2. The molecule has 3 atom stereocenters. The van der Waals surface area contributed by atoms with Crippen LogP contribution >= 0.6 is 0 Å². The van der Waals surface area contributed by atoms with Gasteiger partial charge in [0, 0.05) is 6.42 Å². The van der Waals surface area contributed by atoms with Crippen LogP contribution in [0.15, 0.2) is 18.2 Å². The lowest BCUT2D eigenvalue weighted by Gasteiger charge is -2.21. The molecule has 1 aromatic rings. The number of nitrogens with one attached hydrogen (secondary N) is 1. The zero-order chi connectivity index (χ0) is 14.1. The van der Waals surface area contributed by atoms with Crippen molar-refractivity contribution in [2.45, 2.75) is 32.1 Å². The molecule has 2 aliphatic rings. The fraction of sp³-hybridized carbons (Fsp3) is 0.500. The number of carbonyl (C=O) groups excluding carboxylic acids is 1. The lowest BCUT2D eigenvalue weighted by Crippen LogP contribution is -2.20. The Labute approximate surface area is 117 Å². The van der Waals surface area contributed by atoms with Crippen LogP contribution in [0.3, 0.4) is 0 Å². The van der Waals surface area contributed by atoms with Gasteiger partial charge in [-0.1, -0.05) is 12.5 Å². The second-order valence-electron chi connectivity index (χ2n) is 5.96. The van der Waals surface area contributed by atoms with Gasteiger partial charge in [0.05, 0.1) is 5.69 Å². The van der Waals surface area contributed by atoms with Crippen molar-refractivity contribution in [3.8, 4) is 6.07 Å². The molecule has 2 aliphatic carbocycles. The summed E-state index contributed by atoms with van der Waals surface area (Å²) < 4.78 is 13.5. The molecule has 1 aromatic carbocycles. The van der Waals surface area contributed by atoms with E-state index >= 15 is 0 Å². The first-order valence-electron chi connectivity index (χ1n) is 7.16. The number of benzene rings is 1. The molecule has 2 bridgehead atoms. The summed E-state index contributed by atoms with van der Waals surface area (Å²) in [5, 5.41) is 11.6. The summed E-state index contributed by atoms with van der Waals surface area (Å²) in [6.07, 6.45) is 5.45. The highest BCUT2D eigenvalue weighted by Crippen LogP contribution is 2.49. The van der Waals surface area contributed by atoms with Gasteiger partial charge in [-0.2, -0.15) is 5.26 Å². The van der Waals surface area contributed by atoms with Gasteiger partial charge in [0.15, 0.2) is 0 Å². The monoisotopic (exact) mass is 272 g/mol. The molecule has 0 radical (unpaired) electrons. The van der Waals surface area contributed by atoms with Gasteiger partial charge in [0.25, 0.3) is 0 Å². The Morgan fingerprint density at radius 2 is 2.25 bits per heavy atom. The Balaban J connectivity index is 1.65. The van der Waals surface area contributed by atoms with Crippen molar-refractivity contribution in [2.75, 3.05) is 5.32 Å². The fourth-order valence-electron chi connectivity index (χ4n) is 3.81. The molecule has 1 amide bonds. The molecule has 104 valence electrons. The van der Waals surface area contributed by atoms with E-state index < -0.39 is 5.82 Å². The summed E-state index contributed by atoms with van der Waals surface area (Å²) in [7, 11) is 0. The highest BCUT2D eigenvalue weighted by molar-refractivity contribution is 5.92. The summed E-state index contributed by atoms with van der Waals surface area (Å²) in [6, 6.07) is 6.10. The van der Waals surface area contributed by atoms with Crippen molar-refractivity contribution >= 4 is 11.6 Å². The van der Waals surface area contributed by atoms with Crippen LogP contribution in [0.25, 0.3) is 0 Å². The molecule has 4 heteroatoms. The van der Waals surface area contributed by atoms with E-state index in [2.05, 4.69) is 5.32 Å². The third-order valence-electron chi connectivity index (χ3n) is 4.73. The summed E-state index contributed by atoms with van der Waals surface area (Å²) in [5.74, 6) is 1.26. The molecule has 0 spiro atoms. The van der Waals surface area contributed by atoms with Crippen LogP contribution in [0.4, 0.5) is 10.1 Å². The van der Waals surface area contributed by atoms with Crippen molar-refractivity contribution < 1.29 is 9.18 Å². The average Bonchev–Trinajstić information content (AvgIpc) is 3.01. The SMILES string of the molecule is N#Cc1c(F)cccc1NC(=O)CC1CC2CCC1C2. The number of nitriles is 1. The first-order chi connectivity index (χ1) is 9.67. The molecule has 3 nitrogen and oxygen atoms in total. The second kappa shape index (κ2) is 5.24. The molecular formula is C16H17FN2O. The van der Waals surface area contributed by atoms with Crippen LogP contribution in [0, 0.1) is 34.9 Å². The number of halogens is 1. The quantitative estimate of drug-likeness (QED) is 0.916. The molecule has 3 rings (SSSR count). The zero-order valence-electron chi connectivity index (χ0n) is 11.2. The maximum absolute atomic E-state index is 13.5. The maximum atomic E-state index is 13.5. The van der Waals surface area contributed by atoms with E-state index in [1.54, 1.807) is 12.1 Å². The van der Waals surface area contributed by atoms with Crippen molar-refractivity contribution in [1.82, 2.24) is 0 Å². The van der Waals surface area contributed by atoms with Gasteiger partial charge >= 0.3 is 0 Å². The number of hydrogen-bond acceptors (Lipinski definition) is 2. The third-order valence-corrected chi connectivity index (χ3v) is 4.73. The Hall–Kier alpha value is -1.89. The van der Waals surface area contributed by atoms with Crippen molar-refractivity contribution in [3.05, 3.63) is 29.6 Å². The number of hydrogen-bond donors (Lipinski definition) is 1. The Bertz CT molecular complexity index is 578.